The van der Waals surface area contributed by atoms with Gasteiger partial charge < -0.3 is 24.6 Å². The summed E-state index contributed by atoms with van der Waals surface area (Å²) in [5.74, 6) is 0.533. The normalized spacial score (nSPS) is 19.5. The molecular weight excluding hydrogens is 467 g/mol. The highest BCUT2D eigenvalue weighted by atomic mass is 19.4. The van der Waals surface area contributed by atoms with Gasteiger partial charge in [-0.2, -0.15) is 0 Å². The molecule has 2 bridgehead atoms. The molecule has 0 spiro atoms. The van der Waals surface area contributed by atoms with Crippen molar-refractivity contribution < 1.29 is 32.2 Å². The average molecular weight is 496 g/mol. The third-order valence-electron chi connectivity index (χ3n) is 5.31. The number of nitrogens with one attached hydrogen (secondary N) is 2. The maximum absolute atomic E-state index is 12.8. The first-order valence-corrected chi connectivity index (χ1v) is 11.3. The molecule has 0 saturated carbocycles. The molecule has 35 heavy (non-hydrogen) atoms. The van der Waals surface area contributed by atoms with E-state index in [1.807, 2.05) is 25.7 Å². The molecule has 1 unspecified atom stereocenters. The molecule has 0 radical (unpaired) electrons. The molecule has 12 heteroatoms. The maximum atomic E-state index is 12.8. The minimum atomic E-state index is -4.73. The Morgan fingerprint density at radius 3 is 2.63 bits per heavy atom. The molecule has 2 fully saturated rings. The molecule has 2 saturated heterocycles. The molecule has 2 amide bonds. The number of rotatable bonds is 5. The van der Waals surface area contributed by atoms with E-state index in [0.717, 1.165) is 5.69 Å². The smallest absolute Gasteiger partial charge is 0.414 e. The number of carbonyl (C=O) groups is 2. The fraction of sp³-hybridized carbons (Fsp3) is 0.435. The van der Waals surface area contributed by atoms with Crippen LogP contribution in [-0.2, 0) is 9.53 Å². The lowest BCUT2D eigenvalue weighted by atomic mass is 10.1. The van der Waals surface area contributed by atoms with Crippen molar-refractivity contribution in [2.75, 3.05) is 31.1 Å². The van der Waals surface area contributed by atoms with E-state index in [9.17, 15) is 22.8 Å². The number of ether oxygens (including phenoxy) is 2. The monoisotopic (exact) mass is 495 g/mol. The van der Waals surface area contributed by atoms with Gasteiger partial charge in [0.25, 0.3) is 0 Å². The number of anilines is 1. The predicted octanol–water partition coefficient (Wildman–Crippen LogP) is 3.51. The Morgan fingerprint density at radius 2 is 1.97 bits per heavy atom. The molecule has 3 aliphatic heterocycles. The number of aliphatic imine (C=N–C) groups is 1. The average Bonchev–Trinajstić information content (AvgIpc) is 2.95. The van der Waals surface area contributed by atoms with Crippen molar-refractivity contribution in [2.45, 2.75) is 39.6 Å². The topological polar surface area (TPSA) is 95.5 Å². The molecule has 1 atom stereocenters. The van der Waals surface area contributed by atoms with Gasteiger partial charge in [-0.25, -0.2) is 9.79 Å². The summed E-state index contributed by atoms with van der Waals surface area (Å²) < 4.78 is 46.0. The van der Waals surface area contributed by atoms with Gasteiger partial charge in [0.15, 0.2) is 0 Å². The first-order valence-electron chi connectivity index (χ1n) is 11.3. The van der Waals surface area contributed by atoms with Crippen LogP contribution in [0.15, 0.2) is 53.0 Å². The van der Waals surface area contributed by atoms with E-state index in [-0.39, 0.29) is 24.2 Å². The highest BCUT2D eigenvalue weighted by Gasteiger charge is 2.31. The van der Waals surface area contributed by atoms with Gasteiger partial charge in [-0.15, -0.1) is 13.2 Å². The SMILES string of the molecule is CC.CC1CN(c2ccc(OC(F)(F)F)cc2)CCN1C(=O)CNC1=CN=C2CC(=C1)OC(=O)N2. The molecule has 1 aromatic rings. The molecule has 3 aliphatic rings. The molecule has 3 heterocycles. The van der Waals surface area contributed by atoms with Crippen molar-refractivity contribution in [3.63, 3.8) is 0 Å². The van der Waals surface area contributed by atoms with Crippen molar-refractivity contribution >= 4 is 23.5 Å². The number of fused-ring (bicyclic) bond motifs is 2. The van der Waals surface area contributed by atoms with Crippen LogP contribution < -0.4 is 20.3 Å². The van der Waals surface area contributed by atoms with Crippen LogP contribution in [0.1, 0.15) is 27.2 Å². The van der Waals surface area contributed by atoms with Gasteiger partial charge in [-0.3, -0.25) is 10.1 Å². The van der Waals surface area contributed by atoms with Crippen LogP contribution >= 0.6 is 0 Å². The van der Waals surface area contributed by atoms with Crippen LogP contribution in [0, 0.1) is 0 Å². The van der Waals surface area contributed by atoms with Gasteiger partial charge in [0, 0.05) is 37.4 Å². The number of nitrogens with zero attached hydrogens (tertiary/aromatic N) is 3. The Labute approximate surface area is 201 Å². The van der Waals surface area contributed by atoms with Crippen molar-refractivity contribution in [1.29, 1.82) is 0 Å². The first kappa shape index (κ1) is 25.9. The van der Waals surface area contributed by atoms with Gasteiger partial charge in [-0.05, 0) is 31.2 Å². The summed E-state index contributed by atoms with van der Waals surface area (Å²) in [6, 6.07) is 5.57. The highest BCUT2D eigenvalue weighted by Crippen LogP contribution is 2.26. The molecule has 0 aromatic heterocycles. The Kier molecular flexibility index (Phi) is 8.26. The van der Waals surface area contributed by atoms with E-state index in [1.165, 1.54) is 18.3 Å². The third kappa shape index (κ3) is 7.14. The van der Waals surface area contributed by atoms with Crippen molar-refractivity contribution in [3.8, 4) is 5.75 Å². The second-order valence-electron chi connectivity index (χ2n) is 7.74. The number of allylic oxidation sites excluding steroid dienone is 1. The number of amidine groups is 1. The summed E-state index contributed by atoms with van der Waals surface area (Å²) in [6.07, 6.45) is -1.80. The maximum Gasteiger partial charge on any atom is 0.573 e. The Morgan fingerprint density at radius 1 is 1.26 bits per heavy atom. The minimum Gasteiger partial charge on any atom is -0.414 e. The largest absolute Gasteiger partial charge is 0.573 e. The van der Waals surface area contributed by atoms with E-state index in [0.29, 0.717) is 43.3 Å². The zero-order chi connectivity index (χ0) is 25.6. The minimum absolute atomic E-state index is 0.0374. The van der Waals surface area contributed by atoms with Crippen LogP contribution in [0.2, 0.25) is 0 Å². The first-order chi connectivity index (χ1) is 16.7. The number of alkyl halides is 3. The third-order valence-corrected chi connectivity index (χ3v) is 5.31. The van der Waals surface area contributed by atoms with E-state index < -0.39 is 12.5 Å². The second-order valence-corrected chi connectivity index (χ2v) is 7.74. The number of hydrogen-bond donors (Lipinski definition) is 2. The van der Waals surface area contributed by atoms with E-state index >= 15 is 0 Å². The number of benzene rings is 1. The number of halogens is 3. The summed E-state index contributed by atoms with van der Waals surface area (Å²) in [5, 5.41) is 5.52. The Balaban J connectivity index is 0.00000167. The number of alkyl carbamates (subject to hydrolysis) is 1. The molecule has 0 aliphatic carbocycles. The lowest BCUT2D eigenvalue weighted by molar-refractivity contribution is -0.274. The molecule has 1 aromatic carbocycles. The van der Waals surface area contributed by atoms with Crippen molar-refractivity contribution in [1.82, 2.24) is 15.5 Å². The van der Waals surface area contributed by atoms with Crippen LogP contribution in [-0.4, -0.2) is 61.3 Å². The van der Waals surface area contributed by atoms with Crippen LogP contribution in [0.3, 0.4) is 0 Å². The molecule has 4 rings (SSSR count). The number of hydrogen-bond acceptors (Lipinski definition) is 7. The van der Waals surface area contributed by atoms with Gasteiger partial charge in [-0.1, -0.05) is 13.8 Å². The van der Waals surface area contributed by atoms with E-state index in [4.69, 9.17) is 4.74 Å². The van der Waals surface area contributed by atoms with Crippen LogP contribution in [0.4, 0.5) is 23.7 Å². The molecule has 2 N–H and O–H groups in total. The fourth-order valence-electron chi connectivity index (χ4n) is 3.82. The van der Waals surface area contributed by atoms with Gasteiger partial charge >= 0.3 is 12.5 Å². The zero-order valence-corrected chi connectivity index (χ0v) is 19.7. The lowest BCUT2D eigenvalue weighted by Crippen LogP contribution is -2.55. The predicted molar refractivity (Wildman–Crippen MR) is 124 cm³/mol. The molecular formula is C23H28F3N5O4. The number of carbonyl (C=O) groups excluding carboxylic acids is 2. The Bertz CT molecular complexity index is 1020. The lowest BCUT2D eigenvalue weighted by Gasteiger charge is -2.41. The summed E-state index contributed by atoms with van der Waals surface area (Å²) in [6.45, 7) is 7.49. The number of amides is 2. The van der Waals surface area contributed by atoms with Gasteiger partial charge in [0.1, 0.15) is 17.3 Å². The second kappa shape index (κ2) is 11.2. The highest BCUT2D eigenvalue weighted by molar-refractivity contribution is 5.99. The van der Waals surface area contributed by atoms with Crippen molar-refractivity contribution in [2.24, 2.45) is 4.99 Å². The summed E-state index contributed by atoms with van der Waals surface area (Å²) in [4.78, 5) is 32.1. The van der Waals surface area contributed by atoms with E-state index in [2.05, 4.69) is 20.4 Å². The quantitative estimate of drug-likeness (QED) is 0.649. The molecule has 190 valence electrons. The summed E-state index contributed by atoms with van der Waals surface area (Å²) >= 11 is 0. The standard InChI is InChI=1S/C21H22F3N5O4.C2H6/c1-13-12-28(15-2-4-16(5-3-15)33-21(22,23)24)6-7-29(13)19(30)11-25-14-8-17-9-18(26-10-14)27-20(31)32-17;1-2/h2-5,8,10,13,25H,6-7,9,11-12H2,1H3,(H,26,27,31);1-2H3. The van der Waals surface area contributed by atoms with Crippen LogP contribution in [0.25, 0.3) is 0 Å². The summed E-state index contributed by atoms with van der Waals surface area (Å²) in [7, 11) is 0. The fourth-order valence-corrected chi connectivity index (χ4v) is 3.82. The Hall–Kier alpha value is -3.70. The van der Waals surface area contributed by atoms with Crippen LogP contribution in [0.5, 0.6) is 5.75 Å². The van der Waals surface area contributed by atoms with E-state index in [1.54, 1.807) is 23.1 Å². The number of piperazine rings is 1. The molecule has 9 nitrogen and oxygen atoms in total. The van der Waals surface area contributed by atoms with Gasteiger partial charge in [0.05, 0.1) is 24.9 Å². The van der Waals surface area contributed by atoms with Gasteiger partial charge in [0.2, 0.25) is 5.91 Å². The zero-order valence-electron chi connectivity index (χ0n) is 19.7. The summed E-state index contributed by atoms with van der Waals surface area (Å²) in [5.41, 5.74) is 1.31. The van der Waals surface area contributed by atoms with Crippen molar-refractivity contribution in [3.05, 3.63) is 48.0 Å².